The molecule has 4 N–H and O–H groups in total. The van der Waals surface area contributed by atoms with Gasteiger partial charge in [-0.15, -0.1) is 0 Å². The van der Waals surface area contributed by atoms with Gasteiger partial charge in [-0.05, 0) is 24.7 Å². The molecule has 1 fully saturated rings. The predicted molar refractivity (Wildman–Crippen MR) is 63.8 cm³/mol. The van der Waals surface area contributed by atoms with E-state index in [1.807, 2.05) is 0 Å². The van der Waals surface area contributed by atoms with Gasteiger partial charge in [-0.3, -0.25) is 4.79 Å². The van der Waals surface area contributed by atoms with Crippen LogP contribution in [0.2, 0.25) is 0 Å². The number of rotatable bonds is 5. The topological polar surface area (TPSA) is 75.4 Å². The lowest BCUT2D eigenvalue weighted by atomic mass is 9.84. The van der Waals surface area contributed by atoms with Crippen LogP contribution in [0.25, 0.3) is 0 Å². The first-order valence-electron chi connectivity index (χ1n) is 5.95. The molecule has 0 aromatic heterocycles. The highest BCUT2D eigenvalue weighted by Crippen LogP contribution is 2.35. The Balaban J connectivity index is 2.50. The largest absolute Gasteiger partial charge is 0.394 e. The van der Waals surface area contributed by atoms with Crippen molar-refractivity contribution >= 4 is 5.91 Å². The first kappa shape index (κ1) is 13.5. The molecule has 1 amide bonds. The van der Waals surface area contributed by atoms with Crippen LogP contribution >= 0.6 is 0 Å². The van der Waals surface area contributed by atoms with Gasteiger partial charge in [0.25, 0.3) is 0 Å². The number of aliphatic hydroxyl groups excluding tert-OH is 1. The van der Waals surface area contributed by atoms with E-state index in [0.717, 1.165) is 19.3 Å². The number of nitrogens with one attached hydrogen (secondary N) is 1. The van der Waals surface area contributed by atoms with E-state index in [9.17, 15) is 4.79 Å². The van der Waals surface area contributed by atoms with Gasteiger partial charge >= 0.3 is 0 Å². The third-order valence-electron chi connectivity index (χ3n) is 3.06. The second-order valence-corrected chi connectivity index (χ2v) is 6.13. The minimum Gasteiger partial charge on any atom is -0.394 e. The average molecular weight is 228 g/mol. The lowest BCUT2D eigenvalue weighted by Crippen LogP contribution is -2.45. The molecule has 0 aromatic carbocycles. The zero-order valence-electron chi connectivity index (χ0n) is 10.5. The molecule has 1 aliphatic rings. The van der Waals surface area contributed by atoms with Crippen molar-refractivity contribution in [2.75, 3.05) is 13.2 Å². The highest BCUT2D eigenvalue weighted by molar-refractivity contribution is 5.80. The Morgan fingerprint density at radius 1 is 1.50 bits per heavy atom. The molecule has 16 heavy (non-hydrogen) atoms. The zero-order valence-corrected chi connectivity index (χ0v) is 10.5. The Labute approximate surface area is 97.6 Å². The van der Waals surface area contributed by atoms with E-state index in [0.29, 0.717) is 6.54 Å². The van der Waals surface area contributed by atoms with Crippen LogP contribution in [-0.4, -0.2) is 29.7 Å². The third kappa shape index (κ3) is 3.76. The van der Waals surface area contributed by atoms with Gasteiger partial charge in [0.15, 0.2) is 0 Å². The van der Waals surface area contributed by atoms with Crippen molar-refractivity contribution in [3.8, 4) is 0 Å². The fourth-order valence-electron chi connectivity index (χ4n) is 1.86. The lowest BCUT2D eigenvalue weighted by molar-refractivity contribution is -0.127. The second-order valence-electron chi connectivity index (χ2n) is 6.13. The van der Waals surface area contributed by atoms with E-state index in [1.165, 1.54) is 0 Å². The Morgan fingerprint density at radius 2 is 2.06 bits per heavy atom. The van der Waals surface area contributed by atoms with Crippen LogP contribution in [-0.2, 0) is 4.79 Å². The van der Waals surface area contributed by atoms with E-state index in [1.54, 1.807) is 0 Å². The van der Waals surface area contributed by atoms with Gasteiger partial charge in [-0.1, -0.05) is 20.8 Å². The fourth-order valence-corrected chi connectivity index (χ4v) is 1.86. The normalized spacial score (nSPS) is 20.3. The predicted octanol–water partition coefficient (Wildman–Crippen LogP) is 0.639. The molecule has 0 radical (unpaired) electrons. The molecule has 1 aliphatic carbocycles. The van der Waals surface area contributed by atoms with Crippen LogP contribution in [0.5, 0.6) is 0 Å². The number of carbonyl (C=O) groups is 1. The highest BCUT2D eigenvalue weighted by atomic mass is 16.3. The maximum atomic E-state index is 12.0. The van der Waals surface area contributed by atoms with Crippen molar-refractivity contribution in [3.05, 3.63) is 0 Å². The van der Waals surface area contributed by atoms with Gasteiger partial charge in [0.05, 0.1) is 18.1 Å². The molecule has 0 aliphatic heterocycles. The minimum atomic E-state index is -0.331. The van der Waals surface area contributed by atoms with E-state index in [4.69, 9.17) is 10.8 Å². The van der Waals surface area contributed by atoms with Crippen LogP contribution in [0.15, 0.2) is 0 Å². The number of carbonyl (C=O) groups excluding carboxylic acids is 1. The summed E-state index contributed by atoms with van der Waals surface area (Å²) in [5, 5.41) is 12.1. The Morgan fingerprint density at radius 3 is 2.38 bits per heavy atom. The van der Waals surface area contributed by atoms with Gasteiger partial charge < -0.3 is 16.2 Å². The van der Waals surface area contributed by atoms with Crippen molar-refractivity contribution in [3.63, 3.8) is 0 Å². The number of hydrogen-bond acceptors (Lipinski definition) is 3. The minimum absolute atomic E-state index is 0.0102. The Bertz CT molecular complexity index is 254. The summed E-state index contributed by atoms with van der Waals surface area (Å²) in [5.41, 5.74) is 5.40. The van der Waals surface area contributed by atoms with E-state index in [2.05, 4.69) is 26.1 Å². The number of amides is 1. The lowest BCUT2D eigenvalue weighted by Gasteiger charge is -2.26. The first-order chi connectivity index (χ1) is 7.32. The van der Waals surface area contributed by atoms with Gasteiger partial charge in [0, 0.05) is 6.54 Å². The molecule has 4 heteroatoms. The summed E-state index contributed by atoms with van der Waals surface area (Å²) in [6.07, 6.45) is 2.53. The average Bonchev–Trinajstić information content (AvgIpc) is 2.93. The van der Waals surface area contributed by atoms with E-state index < -0.39 is 0 Å². The number of aliphatic hydroxyl groups is 1. The standard InChI is InChI=1S/C12H24N2O2/c1-11(2,3)6-9(7-13)10(16)14-12(8-15)4-5-12/h9,15H,4-8,13H2,1-3H3,(H,14,16). The van der Waals surface area contributed by atoms with Crippen molar-refractivity contribution in [1.82, 2.24) is 5.32 Å². The second kappa shape index (κ2) is 4.72. The first-order valence-corrected chi connectivity index (χ1v) is 5.95. The molecule has 1 atom stereocenters. The molecule has 1 rings (SSSR count). The maximum Gasteiger partial charge on any atom is 0.224 e. The smallest absolute Gasteiger partial charge is 0.224 e. The van der Waals surface area contributed by atoms with Crippen molar-refractivity contribution in [2.45, 2.75) is 45.6 Å². The van der Waals surface area contributed by atoms with Gasteiger partial charge in [0.2, 0.25) is 5.91 Å². The molecule has 1 saturated carbocycles. The van der Waals surface area contributed by atoms with E-state index in [-0.39, 0.29) is 29.4 Å². The van der Waals surface area contributed by atoms with Gasteiger partial charge in [-0.2, -0.15) is 0 Å². The quantitative estimate of drug-likeness (QED) is 0.646. The van der Waals surface area contributed by atoms with Crippen molar-refractivity contribution in [1.29, 1.82) is 0 Å². The number of hydrogen-bond donors (Lipinski definition) is 3. The summed E-state index contributed by atoms with van der Waals surface area (Å²) in [4.78, 5) is 12.0. The van der Waals surface area contributed by atoms with Crippen LogP contribution in [0, 0.1) is 11.3 Å². The summed E-state index contributed by atoms with van der Waals surface area (Å²) in [6.45, 7) is 6.70. The molecule has 0 saturated heterocycles. The summed E-state index contributed by atoms with van der Waals surface area (Å²) in [5.74, 6) is -0.159. The summed E-state index contributed by atoms with van der Waals surface area (Å²) in [7, 11) is 0. The SMILES string of the molecule is CC(C)(C)CC(CN)C(=O)NC1(CO)CC1. The maximum absolute atomic E-state index is 12.0. The molecule has 1 unspecified atom stereocenters. The molecule has 4 nitrogen and oxygen atoms in total. The monoisotopic (exact) mass is 228 g/mol. The molecule has 0 spiro atoms. The van der Waals surface area contributed by atoms with Crippen LogP contribution < -0.4 is 11.1 Å². The molecular formula is C12H24N2O2. The van der Waals surface area contributed by atoms with Crippen molar-refractivity contribution in [2.24, 2.45) is 17.1 Å². The van der Waals surface area contributed by atoms with E-state index >= 15 is 0 Å². The van der Waals surface area contributed by atoms with Crippen LogP contribution in [0.1, 0.15) is 40.0 Å². The molecule has 0 heterocycles. The van der Waals surface area contributed by atoms with Gasteiger partial charge in [0.1, 0.15) is 0 Å². The van der Waals surface area contributed by atoms with Crippen LogP contribution in [0.3, 0.4) is 0 Å². The zero-order chi connectivity index (χ0) is 12.4. The molecule has 0 bridgehead atoms. The Hall–Kier alpha value is -0.610. The molecular weight excluding hydrogens is 204 g/mol. The van der Waals surface area contributed by atoms with Gasteiger partial charge in [-0.25, -0.2) is 0 Å². The Kier molecular flexibility index (Phi) is 3.97. The van der Waals surface area contributed by atoms with Crippen molar-refractivity contribution < 1.29 is 9.90 Å². The highest BCUT2D eigenvalue weighted by Gasteiger charge is 2.44. The third-order valence-corrected chi connectivity index (χ3v) is 3.06. The number of nitrogens with two attached hydrogens (primary N) is 1. The molecule has 0 aromatic rings. The fraction of sp³-hybridized carbons (Fsp3) is 0.917. The summed E-state index contributed by atoms with van der Waals surface area (Å²) in [6, 6.07) is 0. The molecule has 94 valence electrons. The summed E-state index contributed by atoms with van der Waals surface area (Å²) < 4.78 is 0. The summed E-state index contributed by atoms with van der Waals surface area (Å²) >= 11 is 0. The van der Waals surface area contributed by atoms with Crippen LogP contribution in [0.4, 0.5) is 0 Å².